The number of nitrogen functional groups attached to an aromatic ring is 1. The van der Waals surface area contributed by atoms with Crippen LogP contribution in [0.3, 0.4) is 0 Å². The first-order valence-corrected chi connectivity index (χ1v) is 6.80. The van der Waals surface area contributed by atoms with Gasteiger partial charge >= 0.3 is 0 Å². The van der Waals surface area contributed by atoms with Gasteiger partial charge in [0.15, 0.2) is 4.34 Å². The molecule has 0 aliphatic carbocycles. The topological polar surface area (TPSA) is 51.8 Å². The van der Waals surface area contributed by atoms with E-state index in [0.29, 0.717) is 10.7 Å². The van der Waals surface area contributed by atoms with E-state index in [1.165, 1.54) is 0 Å². The van der Waals surface area contributed by atoms with E-state index in [1.807, 2.05) is 25.1 Å². The summed E-state index contributed by atoms with van der Waals surface area (Å²) in [7, 11) is 0. The molecule has 2 N–H and O–H groups in total. The number of benzene rings is 1. The van der Waals surface area contributed by atoms with Crippen molar-refractivity contribution in [1.82, 2.24) is 10.2 Å². The minimum atomic E-state index is 0.598. The second kappa shape index (κ2) is 5.03. The molecule has 1 heterocycles. The quantitative estimate of drug-likeness (QED) is 0.687. The Hall–Kier alpha value is -0.780. The maximum absolute atomic E-state index is 5.85. The smallest absolute Gasteiger partial charge is 0.174 e. The van der Waals surface area contributed by atoms with Crippen molar-refractivity contribution < 1.29 is 0 Å². The number of aromatic nitrogens is 2. The number of thioether (sulfide) groups is 1. The van der Waals surface area contributed by atoms with Crippen molar-refractivity contribution in [2.24, 2.45) is 0 Å². The standard InChI is InChI=1S/C10H10ClN3S2/c1-6-13-14-10(16-6)15-5-7-2-3-8(11)9(12)4-7/h2-4H,5,12H2,1H3. The fourth-order valence-electron chi connectivity index (χ4n) is 1.16. The molecule has 84 valence electrons. The highest BCUT2D eigenvalue weighted by molar-refractivity contribution is 8.00. The highest BCUT2D eigenvalue weighted by Crippen LogP contribution is 2.27. The fourth-order valence-corrected chi connectivity index (χ4v) is 3.04. The minimum absolute atomic E-state index is 0.598. The van der Waals surface area contributed by atoms with Gasteiger partial charge in [0.05, 0.1) is 10.7 Å². The first kappa shape index (κ1) is 11.7. The lowest BCUT2D eigenvalue weighted by Crippen LogP contribution is -1.88. The van der Waals surface area contributed by atoms with Gasteiger partial charge in [-0.2, -0.15) is 0 Å². The van der Waals surface area contributed by atoms with Crippen molar-refractivity contribution >= 4 is 40.4 Å². The number of rotatable bonds is 3. The fraction of sp³-hybridized carbons (Fsp3) is 0.200. The van der Waals surface area contributed by atoms with Gasteiger partial charge in [0.2, 0.25) is 0 Å². The van der Waals surface area contributed by atoms with E-state index in [2.05, 4.69) is 10.2 Å². The highest BCUT2D eigenvalue weighted by atomic mass is 35.5. The third-order valence-corrected chi connectivity index (χ3v) is 4.32. The zero-order valence-electron chi connectivity index (χ0n) is 8.61. The molecule has 0 unspecified atom stereocenters. The predicted octanol–water partition coefficient (Wildman–Crippen LogP) is 3.37. The van der Waals surface area contributed by atoms with Gasteiger partial charge in [-0.1, -0.05) is 40.8 Å². The molecule has 1 aromatic carbocycles. The zero-order chi connectivity index (χ0) is 11.5. The maximum Gasteiger partial charge on any atom is 0.174 e. The second-order valence-electron chi connectivity index (χ2n) is 3.23. The van der Waals surface area contributed by atoms with E-state index in [9.17, 15) is 0 Å². The summed E-state index contributed by atoms with van der Waals surface area (Å²) in [4.78, 5) is 0. The monoisotopic (exact) mass is 271 g/mol. The lowest BCUT2D eigenvalue weighted by molar-refractivity contribution is 0.983. The van der Waals surface area contributed by atoms with Gasteiger partial charge in [0.1, 0.15) is 5.01 Å². The Balaban J connectivity index is 2.02. The molecule has 1 aromatic heterocycles. The third-order valence-electron chi connectivity index (χ3n) is 1.93. The van der Waals surface area contributed by atoms with Crippen LogP contribution in [0, 0.1) is 6.92 Å². The average Bonchev–Trinajstić information content (AvgIpc) is 2.66. The van der Waals surface area contributed by atoms with Crippen molar-refractivity contribution in [2.75, 3.05) is 5.73 Å². The number of hydrogen-bond acceptors (Lipinski definition) is 5. The van der Waals surface area contributed by atoms with E-state index in [1.54, 1.807) is 23.1 Å². The molecule has 6 heteroatoms. The Kier molecular flexibility index (Phi) is 3.68. The molecule has 0 radical (unpaired) electrons. The summed E-state index contributed by atoms with van der Waals surface area (Å²) < 4.78 is 0.978. The number of halogens is 1. The van der Waals surface area contributed by atoms with E-state index in [0.717, 1.165) is 20.7 Å². The number of hydrogen-bond donors (Lipinski definition) is 1. The van der Waals surface area contributed by atoms with Crippen LogP contribution in [0.4, 0.5) is 5.69 Å². The Bertz CT molecular complexity index is 499. The van der Waals surface area contributed by atoms with E-state index in [-0.39, 0.29) is 0 Å². The maximum atomic E-state index is 5.85. The van der Waals surface area contributed by atoms with Crippen molar-refractivity contribution in [3.8, 4) is 0 Å². The van der Waals surface area contributed by atoms with Gasteiger partial charge in [-0.3, -0.25) is 0 Å². The van der Waals surface area contributed by atoms with Gasteiger partial charge in [0.25, 0.3) is 0 Å². The van der Waals surface area contributed by atoms with Crippen LogP contribution in [0.1, 0.15) is 10.6 Å². The Morgan fingerprint density at radius 2 is 2.25 bits per heavy atom. The van der Waals surface area contributed by atoms with Gasteiger partial charge in [-0.25, -0.2) is 0 Å². The highest BCUT2D eigenvalue weighted by Gasteiger charge is 2.03. The van der Waals surface area contributed by atoms with Gasteiger partial charge in [-0.05, 0) is 24.6 Å². The summed E-state index contributed by atoms with van der Waals surface area (Å²) in [5.41, 5.74) is 7.48. The summed E-state index contributed by atoms with van der Waals surface area (Å²) in [6, 6.07) is 5.68. The van der Waals surface area contributed by atoms with Gasteiger partial charge < -0.3 is 5.73 Å². The summed E-state index contributed by atoms with van der Waals surface area (Å²) in [5, 5.41) is 9.59. The Labute approximate surface area is 107 Å². The van der Waals surface area contributed by atoms with Crippen LogP contribution >= 0.6 is 34.7 Å². The number of anilines is 1. The van der Waals surface area contributed by atoms with Crippen LogP contribution in [-0.4, -0.2) is 10.2 Å². The third kappa shape index (κ3) is 2.87. The van der Waals surface area contributed by atoms with Crippen molar-refractivity contribution in [3.63, 3.8) is 0 Å². The zero-order valence-corrected chi connectivity index (χ0v) is 11.0. The summed E-state index contributed by atoms with van der Waals surface area (Å²) >= 11 is 9.10. The first-order chi connectivity index (χ1) is 7.65. The van der Waals surface area contributed by atoms with E-state index < -0.39 is 0 Å². The van der Waals surface area contributed by atoms with E-state index in [4.69, 9.17) is 17.3 Å². The molecule has 0 amide bonds. The Morgan fingerprint density at radius 3 is 2.88 bits per heavy atom. The molecule has 3 nitrogen and oxygen atoms in total. The summed E-state index contributed by atoms with van der Waals surface area (Å²) in [6.07, 6.45) is 0. The second-order valence-corrected chi connectivity index (χ2v) is 6.04. The SMILES string of the molecule is Cc1nnc(SCc2ccc(Cl)c(N)c2)s1. The largest absolute Gasteiger partial charge is 0.398 e. The van der Waals surface area contributed by atoms with Gasteiger partial charge in [0, 0.05) is 5.75 Å². The molecule has 0 bridgehead atoms. The number of aryl methyl sites for hydroxylation is 1. The van der Waals surface area contributed by atoms with Gasteiger partial charge in [-0.15, -0.1) is 10.2 Å². The van der Waals surface area contributed by atoms with Crippen molar-refractivity contribution in [3.05, 3.63) is 33.8 Å². The molecular formula is C10H10ClN3S2. The molecule has 0 saturated carbocycles. The van der Waals surface area contributed by atoms with Crippen LogP contribution in [0.2, 0.25) is 5.02 Å². The summed E-state index contributed by atoms with van der Waals surface area (Å²) in [5.74, 6) is 0.829. The molecule has 0 aliphatic heterocycles. The lowest BCUT2D eigenvalue weighted by Gasteiger charge is -2.02. The molecule has 0 fully saturated rings. The number of nitrogens with zero attached hydrogens (tertiary/aromatic N) is 2. The van der Waals surface area contributed by atoms with Crippen LogP contribution in [0.5, 0.6) is 0 Å². The van der Waals surface area contributed by atoms with Crippen LogP contribution in [-0.2, 0) is 5.75 Å². The molecule has 0 aliphatic rings. The minimum Gasteiger partial charge on any atom is -0.398 e. The number of nitrogens with two attached hydrogens (primary N) is 1. The normalized spacial score (nSPS) is 10.6. The first-order valence-electron chi connectivity index (χ1n) is 4.62. The van der Waals surface area contributed by atoms with Crippen LogP contribution < -0.4 is 5.73 Å². The molecule has 16 heavy (non-hydrogen) atoms. The Morgan fingerprint density at radius 1 is 1.44 bits per heavy atom. The summed E-state index contributed by atoms with van der Waals surface area (Å²) in [6.45, 7) is 1.95. The molecule has 2 aromatic rings. The molecule has 0 saturated heterocycles. The van der Waals surface area contributed by atoms with Crippen molar-refractivity contribution in [2.45, 2.75) is 17.0 Å². The van der Waals surface area contributed by atoms with Crippen molar-refractivity contribution in [1.29, 1.82) is 0 Å². The lowest BCUT2D eigenvalue weighted by atomic mass is 10.2. The predicted molar refractivity (Wildman–Crippen MR) is 70.1 cm³/mol. The molecule has 0 spiro atoms. The van der Waals surface area contributed by atoms with Crippen LogP contribution in [0.25, 0.3) is 0 Å². The van der Waals surface area contributed by atoms with Crippen LogP contribution in [0.15, 0.2) is 22.5 Å². The molecular weight excluding hydrogens is 262 g/mol. The average molecular weight is 272 g/mol. The van der Waals surface area contributed by atoms with E-state index >= 15 is 0 Å². The molecule has 0 atom stereocenters. The molecule has 2 rings (SSSR count).